The quantitative estimate of drug-likeness (QED) is 0.843. The SMILES string of the molecule is CC(C)c1nc(-c2cc(F)ccc2C(F)(F)F)sc1CN. The van der Waals surface area contributed by atoms with E-state index in [1.54, 1.807) is 0 Å². The van der Waals surface area contributed by atoms with Gasteiger partial charge >= 0.3 is 6.18 Å². The number of rotatable bonds is 3. The van der Waals surface area contributed by atoms with Crippen LogP contribution in [0.1, 0.15) is 35.9 Å². The third-order valence-electron chi connectivity index (χ3n) is 2.98. The third kappa shape index (κ3) is 3.24. The van der Waals surface area contributed by atoms with Gasteiger partial charge in [-0.15, -0.1) is 11.3 Å². The van der Waals surface area contributed by atoms with Crippen LogP contribution < -0.4 is 5.73 Å². The Labute approximate surface area is 123 Å². The molecule has 0 aliphatic carbocycles. The average molecular weight is 318 g/mol. The minimum atomic E-state index is -4.56. The highest BCUT2D eigenvalue weighted by Gasteiger charge is 2.35. The molecule has 0 saturated carbocycles. The topological polar surface area (TPSA) is 38.9 Å². The molecule has 0 atom stereocenters. The minimum absolute atomic E-state index is 0.0384. The van der Waals surface area contributed by atoms with Crippen molar-refractivity contribution in [2.24, 2.45) is 5.73 Å². The zero-order valence-electron chi connectivity index (χ0n) is 11.5. The van der Waals surface area contributed by atoms with Gasteiger partial charge in [0.25, 0.3) is 0 Å². The maximum Gasteiger partial charge on any atom is 0.417 e. The highest BCUT2D eigenvalue weighted by atomic mass is 32.1. The third-order valence-corrected chi connectivity index (χ3v) is 4.10. The first kappa shape index (κ1) is 15.9. The van der Waals surface area contributed by atoms with Gasteiger partial charge in [0.1, 0.15) is 10.8 Å². The highest BCUT2D eigenvalue weighted by molar-refractivity contribution is 7.15. The van der Waals surface area contributed by atoms with Gasteiger partial charge in [-0.3, -0.25) is 0 Å². The lowest BCUT2D eigenvalue weighted by molar-refractivity contribution is -0.137. The van der Waals surface area contributed by atoms with Crippen molar-refractivity contribution < 1.29 is 17.6 Å². The molecule has 0 saturated heterocycles. The molecule has 21 heavy (non-hydrogen) atoms. The fraction of sp³-hybridized carbons (Fsp3) is 0.357. The number of hydrogen-bond donors (Lipinski definition) is 1. The smallest absolute Gasteiger partial charge is 0.326 e. The number of benzene rings is 1. The van der Waals surface area contributed by atoms with Gasteiger partial charge < -0.3 is 5.73 Å². The summed E-state index contributed by atoms with van der Waals surface area (Å²) in [4.78, 5) is 4.96. The van der Waals surface area contributed by atoms with E-state index in [1.165, 1.54) is 0 Å². The Morgan fingerprint density at radius 2 is 1.95 bits per heavy atom. The number of alkyl halides is 3. The highest BCUT2D eigenvalue weighted by Crippen LogP contribution is 2.40. The number of nitrogens with two attached hydrogens (primary N) is 1. The van der Waals surface area contributed by atoms with Gasteiger partial charge in [-0.1, -0.05) is 13.8 Å². The Balaban J connectivity index is 2.64. The largest absolute Gasteiger partial charge is 0.417 e. The summed E-state index contributed by atoms with van der Waals surface area (Å²) in [5.41, 5.74) is 5.14. The number of hydrogen-bond acceptors (Lipinski definition) is 3. The van der Waals surface area contributed by atoms with Crippen LogP contribution in [0.25, 0.3) is 10.6 Å². The van der Waals surface area contributed by atoms with Crippen LogP contribution in [0, 0.1) is 5.82 Å². The van der Waals surface area contributed by atoms with Crippen LogP contribution in [-0.2, 0) is 12.7 Å². The van der Waals surface area contributed by atoms with Crippen molar-refractivity contribution in [2.75, 3.05) is 0 Å². The Hall–Kier alpha value is -1.47. The van der Waals surface area contributed by atoms with E-state index in [0.717, 1.165) is 34.4 Å². The number of nitrogens with zero attached hydrogens (tertiary/aromatic N) is 1. The second-order valence-electron chi connectivity index (χ2n) is 4.87. The van der Waals surface area contributed by atoms with E-state index in [9.17, 15) is 17.6 Å². The lowest BCUT2D eigenvalue weighted by Crippen LogP contribution is -2.07. The van der Waals surface area contributed by atoms with E-state index < -0.39 is 17.6 Å². The number of aromatic nitrogens is 1. The molecule has 0 unspecified atom stereocenters. The van der Waals surface area contributed by atoms with Crippen LogP contribution in [-0.4, -0.2) is 4.98 Å². The van der Waals surface area contributed by atoms with Gasteiger partial charge in [0.05, 0.1) is 11.3 Å². The Morgan fingerprint density at radius 1 is 1.29 bits per heavy atom. The molecule has 114 valence electrons. The van der Waals surface area contributed by atoms with E-state index in [2.05, 4.69) is 4.98 Å². The fourth-order valence-electron chi connectivity index (χ4n) is 2.02. The summed E-state index contributed by atoms with van der Waals surface area (Å²) in [6, 6.07) is 2.41. The molecule has 2 nitrogen and oxygen atoms in total. The van der Waals surface area contributed by atoms with Crippen molar-refractivity contribution >= 4 is 11.3 Å². The summed E-state index contributed by atoms with van der Waals surface area (Å²) >= 11 is 1.08. The van der Waals surface area contributed by atoms with Crippen LogP contribution in [0.4, 0.5) is 17.6 Å². The van der Waals surface area contributed by atoms with Crippen LogP contribution >= 0.6 is 11.3 Å². The predicted octanol–water partition coefficient (Wildman–Crippen LogP) is 4.55. The Morgan fingerprint density at radius 3 is 2.43 bits per heavy atom. The molecule has 1 heterocycles. The maximum absolute atomic E-state index is 13.4. The normalized spacial score (nSPS) is 12.2. The van der Waals surface area contributed by atoms with Crippen LogP contribution in [0.3, 0.4) is 0 Å². The molecular formula is C14H14F4N2S. The standard InChI is InChI=1S/C14H14F4N2S/c1-7(2)12-11(6-19)21-13(20-12)9-5-8(15)3-4-10(9)14(16,17)18/h3-5,7H,6,19H2,1-2H3. The molecule has 0 amide bonds. The molecule has 1 aromatic heterocycles. The predicted molar refractivity (Wildman–Crippen MR) is 74.5 cm³/mol. The van der Waals surface area contributed by atoms with Crippen LogP contribution in [0.15, 0.2) is 18.2 Å². The van der Waals surface area contributed by atoms with Gasteiger partial charge in [0.15, 0.2) is 0 Å². The maximum atomic E-state index is 13.4. The molecule has 0 radical (unpaired) electrons. The van der Waals surface area contributed by atoms with Crippen LogP contribution in [0.2, 0.25) is 0 Å². The van der Waals surface area contributed by atoms with Crippen molar-refractivity contribution in [3.8, 4) is 10.6 Å². The lowest BCUT2D eigenvalue weighted by Gasteiger charge is -2.11. The molecule has 7 heteroatoms. The average Bonchev–Trinajstić information content (AvgIpc) is 2.81. The summed E-state index contributed by atoms with van der Waals surface area (Å²) in [6.07, 6.45) is -4.56. The first-order valence-corrected chi connectivity index (χ1v) is 7.12. The van der Waals surface area contributed by atoms with E-state index in [-0.39, 0.29) is 23.0 Å². The molecule has 0 aliphatic heterocycles. The molecule has 0 bridgehead atoms. The Bertz CT molecular complexity index is 647. The molecule has 2 aromatic rings. The second-order valence-corrected chi connectivity index (χ2v) is 5.96. The van der Waals surface area contributed by atoms with E-state index >= 15 is 0 Å². The minimum Gasteiger partial charge on any atom is -0.326 e. The van der Waals surface area contributed by atoms with Crippen molar-refractivity contribution in [3.63, 3.8) is 0 Å². The molecule has 0 fully saturated rings. The van der Waals surface area contributed by atoms with Crippen molar-refractivity contribution in [2.45, 2.75) is 32.5 Å². The van der Waals surface area contributed by atoms with Crippen LogP contribution in [0.5, 0.6) is 0 Å². The first-order chi connectivity index (χ1) is 9.74. The summed E-state index contributed by atoms with van der Waals surface area (Å²) in [5.74, 6) is -0.690. The van der Waals surface area contributed by atoms with Gasteiger partial charge in [0.2, 0.25) is 0 Å². The first-order valence-electron chi connectivity index (χ1n) is 6.30. The molecule has 1 aromatic carbocycles. The van der Waals surface area contributed by atoms with E-state index in [0.29, 0.717) is 5.69 Å². The molecule has 2 rings (SSSR count). The molecular weight excluding hydrogens is 304 g/mol. The molecule has 0 aliphatic rings. The Kier molecular flexibility index (Phi) is 4.34. The van der Waals surface area contributed by atoms with E-state index in [1.807, 2.05) is 13.8 Å². The lowest BCUT2D eigenvalue weighted by atomic mass is 10.1. The van der Waals surface area contributed by atoms with Crippen molar-refractivity contribution in [1.82, 2.24) is 4.98 Å². The van der Waals surface area contributed by atoms with Crippen molar-refractivity contribution in [1.29, 1.82) is 0 Å². The summed E-state index contributed by atoms with van der Waals surface area (Å²) < 4.78 is 52.5. The summed E-state index contributed by atoms with van der Waals surface area (Å²) in [5, 5.41) is 0.144. The van der Waals surface area contributed by atoms with E-state index in [4.69, 9.17) is 5.73 Å². The van der Waals surface area contributed by atoms with Gasteiger partial charge in [-0.25, -0.2) is 9.37 Å². The molecule has 2 N–H and O–H groups in total. The molecule has 0 spiro atoms. The second kappa shape index (κ2) is 5.73. The monoisotopic (exact) mass is 318 g/mol. The fourth-order valence-corrected chi connectivity index (χ4v) is 3.14. The number of halogens is 4. The summed E-state index contributed by atoms with van der Waals surface area (Å²) in [7, 11) is 0. The van der Waals surface area contributed by atoms with Gasteiger partial charge in [-0.2, -0.15) is 13.2 Å². The zero-order chi connectivity index (χ0) is 15.8. The number of thiazole rings is 1. The summed E-state index contributed by atoms with van der Waals surface area (Å²) in [6.45, 7) is 3.96. The van der Waals surface area contributed by atoms with Gasteiger partial charge in [0, 0.05) is 17.0 Å². The zero-order valence-corrected chi connectivity index (χ0v) is 12.3. The van der Waals surface area contributed by atoms with Crippen molar-refractivity contribution in [3.05, 3.63) is 40.2 Å². The van der Waals surface area contributed by atoms with Gasteiger partial charge in [-0.05, 0) is 24.1 Å².